The molecular weight excluding hydrogens is 886 g/mol. The summed E-state index contributed by atoms with van der Waals surface area (Å²) in [6.45, 7) is 0. The van der Waals surface area contributed by atoms with E-state index in [4.69, 9.17) is 0 Å². The number of benzene rings is 6. The van der Waals surface area contributed by atoms with Crippen LogP contribution in [0.25, 0.3) is 54.2 Å². The van der Waals surface area contributed by atoms with Gasteiger partial charge in [0.1, 0.15) is 0 Å². The van der Waals surface area contributed by atoms with Crippen LogP contribution in [-0.2, 0) is 52.4 Å². The van der Waals surface area contributed by atoms with Crippen LogP contribution in [-0.4, -0.2) is 21.9 Å². The molecule has 0 fully saturated rings. The molecule has 10 rings (SSSR count). The van der Waals surface area contributed by atoms with E-state index >= 15 is 0 Å². The Hall–Kier alpha value is -3.20. The first-order valence-corrected chi connectivity index (χ1v) is 16.5. The number of hydrogen-bond donors (Lipinski definition) is 0. The van der Waals surface area contributed by atoms with E-state index in [0.717, 1.165) is 12.8 Å². The van der Waals surface area contributed by atoms with Crippen molar-refractivity contribution in [3.05, 3.63) is 218 Å². The first-order chi connectivity index (χ1) is 23.9. The van der Waals surface area contributed by atoms with Crippen molar-refractivity contribution in [1.29, 1.82) is 0 Å². The van der Waals surface area contributed by atoms with Gasteiger partial charge in [0.15, 0.2) is 0 Å². The van der Waals surface area contributed by atoms with E-state index < -0.39 is 0 Å². The zero-order chi connectivity index (χ0) is 32.6. The van der Waals surface area contributed by atoms with E-state index in [-0.39, 0.29) is 99.2 Å². The third-order valence-corrected chi connectivity index (χ3v) is 8.10. The molecule has 0 atom stereocenters. The predicted molar refractivity (Wildman–Crippen MR) is 221 cm³/mol. The summed E-state index contributed by atoms with van der Waals surface area (Å²) in [7, 11) is 0. The zero-order valence-corrected chi connectivity index (χ0v) is 38.2. The second kappa shape index (κ2) is 28.2. The van der Waals surface area contributed by atoms with E-state index in [2.05, 4.69) is 182 Å². The summed E-state index contributed by atoms with van der Waals surface area (Å²) < 4.78 is 0. The van der Waals surface area contributed by atoms with Crippen molar-refractivity contribution in [3.63, 3.8) is 0 Å². The Kier molecular flexibility index (Phi) is 26.6. The third-order valence-electron chi connectivity index (χ3n) is 8.10. The van der Waals surface area contributed by atoms with E-state index in [1.807, 2.05) is 36.4 Å². The molecule has 0 bridgehead atoms. The first-order valence-electron chi connectivity index (χ1n) is 16.5. The van der Waals surface area contributed by atoms with Gasteiger partial charge in [-0.15, -0.1) is 92.3 Å². The van der Waals surface area contributed by atoms with Gasteiger partial charge in [0, 0.05) is 21.9 Å². The smallest absolute Gasteiger partial charge is 1.00 e. The van der Waals surface area contributed by atoms with Gasteiger partial charge in [-0.05, 0) is 11.1 Å². The molecule has 54 heavy (non-hydrogen) atoms. The van der Waals surface area contributed by atoms with E-state index in [1.165, 1.54) is 54.2 Å². The Labute approximate surface area is 381 Å². The van der Waals surface area contributed by atoms with Gasteiger partial charge in [-0.1, -0.05) is 133 Å². The molecule has 0 N–H and O–H groups in total. The molecule has 0 aliphatic heterocycles. The third kappa shape index (κ3) is 14.8. The number of hydrogen-bond acceptors (Lipinski definition) is 0. The number of allylic oxidation sites excluding steroid dienone is 8. The standard InChI is InChI=1S/2C13H9.C12H10.2C5H5.2ClH.2Si.2Zr/c2*1-3-7-12-10(5-1)9-11-6-2-4-8-13(11)12;1-3-7-11(8-4-1)12-9-5-2-6-10-12;2*1-2-4-5-3-1;;;;;;/h2*1-9H;1-10H;2*1-3H,4H2;2*1H;;;;/q2*-1;;2*-1;;;;;2*+3/p-2. The van der Waals surface area contributed by atoms with Crippen LogP contribution in [0.15, 0.2) is 206 Å². The first kappa shape index (κ1) is 50.8. The summed E-state index contributed by atoms with van der Waals surface area (Å²) in [6, 6.07) is 59.3. The minimum Gasteiger partial charge on any atom is -1.00 e. The SMILES string of the molecule is [C-]1=CC=CC1.[C-]1=CC=CC1.[Cl-].[Cl-].[Si].[Si].[Zr+3].[Zr+3].c1ccc(-c2ccccc2)cc1.c1ccc2c(c1)[cH-]c1ccccc12.c1ccc2c(c1)[cH-]c1ccccc12. The van der Waals surface area contributed by atoms with Gasteiger partial charge < -0.3 is 24.8 Å². The fourth-order valence-electron chi connectivity index (χ4n) is 5.75. The van der Waals surface area contributed by atoms with Crippen LogP contribution in [0, 0.1) is 12.2 Å². The summed E-state index contributed by atoms with van der Waals surface area (Å²) in [6.07, 6.45) is 20.0. The molecular formula is C48H38Cl2Si2Zr2. The predicted octanol–water partition coefficient (Wildman–Crippen LogP) is 6.63. The van der Waals surface area contributed by atoms with Crippen molar-refractivity contribution < 1.29 is 77.2 Å². The molecule has 0 saturated heterocycles. The average molecular weight is 924 g/mol. The van der Waals surface area contributed by atoms with Crippen molar-refractivity contribution in [2.45, 2.75) is 12.8 Å². The van der Waals surface area contributed by atoms with Crippen molar-refractivity contribution >= 4 is 65.0 Å². The molecule has 0 heterocycles. The van der Waals surface area contributed by atoms with Gasteiger partial charge >= 0.3 is 52.4 Å². The quantitative estimate of drug-likeness (QED) is 0.128. The zero-order valence-electron chi connectivity index (χ0n) is 29.8. The summed E-state index contributed by atoms with van der Waals surface area (Å²) >= 11 is 0. The monoisotopic (exact) mass is 920 g/mol. The fraction of sp³-hybridized carbons (Fsp3) is 0.0417. The van der Waals surface area contributed by atoms with Gasteiger partial charge in [0.05, 0.1) is 0 Å². The number of rotatable bonds is 1. The van der Waals surface area contributed by atoms with Crippen LogP contribution in [0.3, 0.4) is 0 Å². The number of fused-ring (bicyclic) bond motifs is 6. The largest absolute Gasteiger partial charge is 3.00 e. The Morgan fingerprint density at radius 1 is 0.352 bits per heavy atom. The Bertz CT molecular complexity index is 2020. The van der Waals surface area contributed by atoms with E-state index in [0.29, 0.717) is 0 Å². The van der Waals surface area contributed by atoms with Crippen LogP contribution < -0.4 is 24.8 Å². The summed E-state index contributed by atoms with van der Waals surface area (Å²) in [5.74, 6) is 0. The maximum Gasteiger partial charge on any atom is 3.00 e. The van der Waals surface area contributed by atoms with E-state index in [1.54, 1.807) is 0 Å². The number of halogens is 2. The van der Waals surface area contributed by atoms with Crippen LogP contribution in [0.2, 0.25) is 0 Å². The molecule has 10 radical (unpaired) electrons. The van der Waals surface area contributed by atoms with Gasteiger partial charge in [-0.3, -0.25) is 12.2 Å². The topological polar surface area (TPSA) is 0 Å². The molecule has 2 aliphatic rings. The Morgan fingerprint density at radius 2 is 0.611 bits per heavy atom. The minimum absolute atomic E-state index is 0. The molecule has 0 nitrogen and oxygen atoms in total. The van der Waals surface area contributed by atoms with E-state index in [9.17, 15) is 0 Å². The molecule has 260 valence electrons. The summed E-state index contributed by atoms with van der Waals surface area (Å²) in [5, 5.41) is 10.8. The summed E-state index contributed by atoms with van der Waals surface area (Å²) in [5.41, 5.74) is 2.55. The van der Waals surface area contributed by atoms with Gasteiger partial charge in [0.2, 0.25) is 0 Å². The molecule has 2 aliphatic carbocycles. The molecule has 0 aromatic heterocycles. The van der Waals surface area contributed by atoms with Gasteiger partial charge in [-0.25, -0.2) is 24.3 Å². The fourth-order valence-corrected chi connectivity index (χ4v) is 5.75. The molecule has 8 aromatic carbocycles. The molecule has 0 saturated carbocycles. The summed E-state index contributed by atoms with van der Waals surface area (Å²) in [4.78, 5) is 0. The molecule has 0 spiro atoms. The van der Waals surface area contributed by atoms with Crippen molar-refractivity contribution in [1.82, 2.24) is 0 Å². The minimum atomic E-state index is 0. The normalized spacial score (nSPS) is 10.7. The van der Waals surface area contributed by atoms with Crippen LogP contribution in [0.5, 0.6) is 0 Å². The van der Waals surface area contributed by atoms with Crippen LogP contribution in [0.1, 0.15) is 12.8 Å². The van der Waals surface area contributed by atoms with Gasteiger partial charge in [0.25, 0.3) is 0 Å². The second-order valence-electron chi connectivity index (χ2n) is 11.4. The molecule has 8 aromatic rings. The molecule has 0 amide bonds. The second-order valence-corrected chi connectivity index (χ2v) is 11.4. The van der Waals surface area contributed by atoms with Gasteiger partial charge in [-0.2, -0.15) is 12.2 Å². The Morgan fingerprint density at radius 3 is 0.833 bits per heavy atom. The maximum absolute atomic E-state index is 2.99. The van der Waals surface area contributed by atoms with Crippen molar-refractivity contribution in [2.24, 2.45) is 0 Å². The molecule has 6 heteroatoms. The van der Waals surface area contributed by atoms with Crippen molar-refractivity contribution in [3.8, 4) is 11.1 Å². The van der Waals surface area contributed by atoms with Crippen LogP contribution in [0.4, 0.5) is 0 Å². The maximum atomic E-state index is 2.99. The molecule has 0 unspecified atom stereocenters. The van der Waals surface area contributed by atoms with Crippen molar-refractivity contribution in [2.75, 3.05) is 0 Å². The van der Waals surface area contributed by atoms with Crippen LogP contribution >= 0.6 is 0 Å². The Balaban J connectivity index is 0.000000660. The average Bonchev–Trinajstić information content (AvgIpc) is 4.01.